The second-order valence-corrected chi connectivity index (χ2v) is 17.4. The fraction of sp³-hybridized carbons (Fsp3) is 0.477. The number of hydrogen-bond donors (Lipinski definition) is 5. The number of methoxy groups -OCH3 is 2. The van der Waals surface area contributed by atoms with Gasteiger partial charge in [-0.1, -0.05) is 51.7 Å². The number of aromatic nitrogens is 4. The highest BCUT2D eigenvalue weighted by atomic mass is 16.6. The molecule has 320 valence electrons. The smallest absolute Gasteiger partial charge is 0.407 e. The highest BCUT2D eigenvalue weighted by Gasteiger charge is 2.56. The minimum Gasteiger partial charge on any atom is -0.453 e. The molecule has 17 nitrogen and oxygen atoms in total. The second kappa shape index (κ2) is 16.1. The van der Waals surface area contributed by atoms with Crippen LogP contribution in [0.1, 0.15) is 88.2 Å². The van der Waals surface area contributed by atoms with E-state index in [1.807, 2.05) is 75.1 Å². The topological polar surface area (TPSA) is 213 Å². The Morgan fingerprint density at radius 1 is 0.820 bits per heavy atom. The Bertz CT molecular complexity index is 2430. The third kappa shape index (κ3) is 8.31. The summed E-state index contributed by atoms with van der Waals surface area (Å²) in [6.07, 6.45) is 3.07. The molecule has 2 aromatic carbocycles. The summed E-state index contributed by atoms with van der Waals surface area (Å²) in [5.74, 6) is 6.92. The Kier molecular flexibility index (Phi) is 10.9. The normalized spacial score (nSPS) is 22.2. The van der Waals surface area contributed by atoms with Crippen LogP contribution in [0.15, 0.2) is 48.7 Å². The summed E-state index contributed by atoms with van der Waals surface area (Å²) in [5, 5.41) is 8.10. The predicted octanol–water partition coefficient (Wildman–Crippen LogP) is 4.92. The van der Waals surface area contributed by atoms with Crippen LogP contribution in [-0.4, -0.2) is 111 Å². The number of carbonyl (C=O) groups is 5. The van der Waals surface area contributed by atoms with Crippen molar-refractivity contribution in [3.05, 3.63) is 71.4 Å². The van der Waals surface area contributed by atoms with Crippen molar-refractivity contribution < 1.29 is 38.2 Å². The molecule has 3 saturated heterocycles. The average molecular weight is 834 g/mol. The molecule has 4 aliphatic rings. The Hall–Kier alpha value is -6.57. The first-order chi connectivity index (χ1) is 29.2. The van der Waals surface area contributed by atoms with Crippen molar-refractivity contribution >= 4 is 41.1 Å². The lowest BCUT2D eigenvalue weighted by molar-refractivity contribution is -0.136. The molecule has 4 fully saturated rings. The number of carbonyl (C=O) groups excluding carboxylic acids is 5. The van der Waals surface area contributed by atoms with Gasteiger partial charge in [0.2, 0.25) is 11.8 Å². The number of nitrogens with zero attached hydrogens (tertiary/aromatic N) is 4. The third-order valence-corrected chi connectivity index (χ3v) is 12.4. The zero-order valence-corrected chi connectivity index (χ0v) is 35.1. The van der Waals surface area contributed by atoms with Crippen molar-refractivity contribution in [2.75, 3.05) is 33.9 Å². The Labute approximate surface area is 353 Å². The first-order valence-electron chi connectivity index (χ1n) is 20.6. The second-order valence-electron chi connectivity index (χ2n) is 17.4. The van der Waals surface area contributed by atoms with E-state index >= 15 is 0 Å². The van der Waals surface area contributed by atoms with Gasteiger partial charge in [-0.05, 0) is 72.4 Å². The first-order valence-corrected chi connectivity index (χ1v) is 20.6. The third-order valence-electron chi connectivity index (χ3n) is 12.4. The lowest BCUT2D eigenvalue weighted by atomic mass is 10.0. The summed E-state index contributed by atoms with van der Waals surface area (Å²) in [6.45, 7) is 8.49. The van der Waals surface area contributed by atoms with E-state index in [9.17, 15) is 24.0 Å². The van der Waals surface area contributed by atoms with Crippen LogP contribution >= 0.6 is 0 Å². The maximum Gasteiger partial charge on any atom is 0.407 e. The highest BCUT2D eigenvalue weighted by molar-refractivity contribution is 5.88. The van der Waals surface area contributed by atoms with Gasteiger partial charge in [0.25, 0.3) is 0 Å². The number of alkyl carbamates (subject to hydrolysis) is 3. The number of hydrogen-bond acceptors (Lipinski definition) is 10. The number of benzene rings is 2. The molecule has 5 amide bonds. The van der Waals surface area contributed by atoms with Gasteiger partial charge in [0.05, 0.1) is 62.3 Å². The zero-order valence-electron chi connectivity index (χ0n) is 35.1. The van der Waals surface area contributed by atoms with Crippen molar-refractivity contribution in [1.29, 1.82) is 0 Å². The standard InChI is InChI=1S/C44H51N9O8/c1-24(2)34(50-41(57)59-5)38(54)52-22-43(15-16-43)18-32(52)37-47-29-14-11-27(17-30(29)48-37)8-7-26-9-12-28(13-10-26)31-20-45-36(49-31)33-19-44(21-46-40(56)61-44)23-53(33)39(55)35(25(3)4)51-42(58)60-6/h9-14,17,20,24-25,32-35H,15-16,18-19,21-23H2,1-6H3,(H,45,49)(H,46,56)(H,47,48)(H,50,57)(H,51,58)/t32-,33-,34-,35-,44+/m0/s1. The highest BCUT2D eigenvalue weighted by Crippen LogP contribution is 2.58. The van der Waals surface area contributed by atoms with Crippen molar-refractivity contribution in [2.24, 2.45) is 17.3 Å². The number of aromatic amines is 2. The van der Waals surface area contributed by atoms with E-state index in [-0.39, 0.29) is 48.2 Å². The molecule has 5 heterocycles. The molecule has 5 atom stereocenters. The van der Waals surface area contributed by atoms with Crippen LogP contribution < -0.4 is 16.0 Å². The van der Waals surface area contributed by atoms with E-state index in [0.717, 1.165) is 58.5 Å². The molecule has 1 saturated carbocycles. The summed E-state index contributed by atoms with van der Waals surface area (Å²) in [4.78, 5) is 84.2. The largest absolute Gasteiger partial charge is 0.453 e. The molecule has 8 rings (SSSR count). The molecule has 61 heavy (non-hydrogen) atoms. The fourth-order valence-electron chi connectivity index (χ4n) is 8.75. The summed E-state index contributed by atoms with van der Waals surface area (Å²) >= 11 is 0. The number of fused-ring (bicyclic) bond motifs is 1. The van der Waals surface area contributed by atoms with Gasteiger partial charge >= 0.3 is 18.3 Å². The number of ether oxygens (including phenoxy) is 3. The quantitative estimate of drug-likeness (QED) is 0.113. The predicted molar refractivity (Wildman–Crippen MR) is 221 cm³/mol. The van der Waals surface area contributed by atoms with E-state index in [4.69, 9.17) is 19.2 Å². The SMILES string of the molecule is COC(=O)N[C@H](C(=O)N1C[C@]2(CNC(=O)O2)C[C@H]1c1ncc(-c2ccc(C#Cc3ccc4nc([C@@H]5CC6(CC6)CN5C(=O)[C@@H](NC(=O)OC)C(C)C)[nH]c4c3)cc2)[nH]1)C(C)C. The maximum absolute atomic E-state index is 14.0. The molecule has 0 unspecified atom stereocenters. The summed E-state index contributed by atoms with van der Waals surface area (Å²) in [6, 6.07) is 11.2. The van der Waals surface area contributed by atoms with Crippen molar-refractivity contribution in [3.63, 3.8) is 0 Å². The monoisotopic (exact) mass is 833 g/mol. The summed E-state index contributed by atoms with van der Waals surface area (Å²) in [5.41, 5.74) is 3.94. The number of nitrogens with one attached hydrogen (secondary N) is 5. The Morgan fingerprint density at radius 2 is 1.43 bits per heavy atom. The van der Waals surface area contributed by atoms with E-state index in [1.165, 1.54) is 14.2 Å². The van der Waals surface area contributed by atoms with Crippen LogP contribution in [-0.2, 0) is 23.8 Å². The fourth-order valence-corrected chi connectivity index (χ4v) is 8.75. The molecule has 17 heteroatoms. The molecule has 5 N–H and O–H groups in total. The molecule has 3 aliphatic heterocycles. The minimum atomic E-state index is -0.929. The number of amides is 5. The van der Waals surface area contributed by atoms with Gasteiger partial charge < -0.3 is 49.9 Å². The Balaban J connectivity index is 0.973. The zero-order chi connectivity index (χ0) is 43.2. The van der Waals surface area contributed by atoms with Gasteiger partial charge in [-0.15, -0.1) is 0 Å². The summed E-state index contributed by atoms with van der Waals surface area (Å²) < 4.78 is 15.3. The van der Waals surface area contributed by atoms with E-state index < -0.39 is 42.0 Å². The molecule has 0 bridgehead atoms. The summed E-state index contributed by atoms with van der Waals surface area (Å²) in [7, 11) is 2.53. The Morgan fingerprint density at radius 3 is 2.02 bits per heavy atom. The number of imidazole rings is 2. The van der Waals surface area contributed by atoms with E-state index in [1.54, 1.807) is 11.1 Å². The molecule has 2 aromatic heterocycles. The molecular formula is C44H51N9O8. The van der Waals surface area contributed by atoms with Gasteiger partial charge in [-0.25, -0.2) is 24.4 Å². The van der Waals surface area contributed by atoms with Crippen LogP contribution in [0.5, 0.6) is 0 Å². The minimum absolute atomic E-state index is 0.0903. The van der Waals surface area contributed by atoms with Gasteiger partial charge in [-0.3, -0.25) is 9.59 Å². The van der Waals surface area contributed by atoms with Crippen LogP contribution in [0.4, 0.5) is 14.4 Å². The van der Waals surface area contributed by atoms with Gasteiger partial charge in [0.15, 0.2) is 5.60 Å². The van der Waals surface area contributed by atoms with E-state index in [0.29, 0.717) is 18.8 Å². The first kappa shape index (κ1) is 41.2. The molecule has 0 radical (unpaired) electrons. The van der Waals surface area contributed by atoms with Gasteiger partial charge in [0, 0.05) is 24.1 Å². The van der Waals surface area contributed by atoms with Crippen molar-refractivity contribution in [2.45, 2.75) is 83.1 Å². The van der Waals surface area contributed by atoms with Crippen LogP contribution in [0, 0.1) is 29.1 Å². The molecular weight excluding hydrogens is 783 g/mol. The van der Waals surface area contributed by atoms with Crippen LogP contribution in [0.2, 0.25) is 0 Å². The van der Waals surface area contributed by atoms with Gasteiger partial charge in [-0.2, -0.15) is 0 Å². The maximum atomic E-state index is 14.0. The van der Waals surface area contributed by atoms with Crippen LogP contribution in [0.25, 0.3) is 22.3 Å². The number of rotatable bonds is 9. The van der Waals surface area contributed by atoms with Crippen molar-refractivity contribution in [1.82, 2.24) is 45.7 Å². The lowest BCUT2D eigenvalue weighted by Gasteiger charge is -2.30. The average Bonchev–Trinajstić information content (AvgIpc) is 3.80. The molecule has 2 spiro atoms. The molecule has 1 aliphatic carbocycles. The van der Waals surface area contributed by atoms with Gasteiger partial charge in [0.1, 0.15) is 23.7 Å². The number of H-pyrrole nitrogens is 2. The van der Waals surface area contributed by atoms with Crippen LogP contribution in [0.3, 0.4) is 0 Å². The molecule has 4 aromatic rings. The lowest BCUT2D eigenvalue weighted by Crippen LogP contribution is -2.52. The number of likely N-dealkylation sites (tertiary alicyclic amines) is 2. The van der Waals surface area contributed by atoms with E-state index in [2.05, 4.69) is 42.7 Å². The van der Waals surface area contributed by atoms with Crippen molar-refractivity contribution in [3.8, 4) is 23.1 Å².